The van der Waals surface area contributed by atoms with Crippen molar-refractivity contribution < 1.29 is 17.9 Å². The van der Waals surface area contributed by atoms with Gasteiger partial charge < -0.3 is 16.7 Å². The summed E-state index contributed by atoms with van der Waals surface area (Å²) < 4.78 is 42.6. The van der Waals surface area contributed by atoms with Crippen LogP contribution in [-0.4, -0.2) is 19.9 Å². The van der Waals surface area contributed by atoms with Crippen molar-refractivity contribution >= 4 is 80.0 Å². The number of hydrogen-bond donors (Lipinski definition) is 2. The number of nitrogen functional groups attached to an aromatic ring is 2. The number of rotatable bonds is 4. The third kappa shape index (κ3) is 6.90. The zero-order chi connectivity index (χ0) is 38.3. The smallest absolute Gasteiger partial charge is 0.253 e. The van der Waals surface area contributed by atoms with Crippen LogP contribution in [0, 0.1) is 22.7 Å². The Balaban J connectivity index is 0.000000167. The highest BCUT2D eigenvalue weighted by atomic mass is 35.5. The minimum Gasteiger partial charge on any atom is -0.618 e. The molecule has 0 aliphatic carbocycles. The van der Waals surface area contributed by atoms with E-state index in [4.69, 9.17) is 57.9 Å². The zero-order valence-corrected chi connectivity index (χ0v) is 30.4. The summed E-state index contributed by atoms with van der Waals surface area (Å²) >= 11 is 25.2. The van der Waals surface area contributed by atoms with Crippen molar-refractivity contribution in [2.24, 2.45) is 0 Å². The van der Waals surface area contributed by atoms with Gasteiger partial charge in [0.2, 0.25) is 5.95 Å². The maximum Gasteiger partial charge on any atom is 0.253 e. The molecular weight excluding hydrogens is 781 g/mol. The maximum absolute atomic E-state index is 14.3. The normalized spacial score (nSPS) is 11.1. The molecule has 15 heteroatoms. The van der Waals surface area contributed by atoms with Crippen LogP contribution in [0.5, 0.6) is 0 Å². The average Bonchev–Trinajstić information content (AvgIpc) is 3.12. The molecule has 268 valence electrons. The summed E-state index contributed by atoms with van der Waals surface area (Å²) in [5.41, 5.74) is 15.0. The Labute approximate surface area is 325 Å². The molecule has 0 saturated heterocycles. The molecule has 0 unspecified atom stereocenters. The Morgan fingerprint density at radius 3 is 1.96 bits per heavy atom. The predicted molar refractivity (Wildman–Crippen MR) is 209 cm³/mol. The molecule has 54 heavy (non-hydrogen) atoms. The van der Waals surface area contributed by atoms with Gasteiger partial charge in [0, 0.05) is 39.2 Å². The fraction of sp³-hybridized carbons (Fsp3) is 0. The summed E-state index contributed by atoms with van der Waals surface area (Å²) in [7, 11) is 0. The molecule has 0 radical (unpaired) electrons. The molecule has 4 heterocycles. The van der Waals surface area contributed by atoms with E-state index in [0.717, 1.165) is 34.7 Å². The monoisotopic (exact) mass is 801 g/mol. The number of hydrogen-bond acceptors (Lipinski definition) is 7. The Hall–Kier alpha value is -5.72. The van der Waals surface area contributed by atoms with Gasteiger partial charge in [0.05, 0.1) is 31.9 Å². The quantitative estimate of drug-likeness (QED) is 0.134. The zero-order valence-electron chi connectivity index (χ0n) is 27.3. The highest BCUT2D eigenvalue weighted by molar-refractivity contribution is 6.39. The summed E-state index contributed by atoms with van der Waals surface area (Å²) in [6.07, 6.45) is 2.78. The molecule has 0 aliphatic heterocycles. The lowest BCUT2D eigenvalue weighted by Gasteiger charge is -2.14. The fourth-order valence-corrected chi connectivity index (χ4v) is 7.04. The fourth-order valence-electron chi connectivity index (χ4n) is 5.97. The number of benzene rings is 4. The van der Waals surface area contributed by atoms with Gasteiger partial charge in [0.15, 0.2) is 6.20 Å². The van der Waals surface area contributed by atoms with Crippen LogP contribution in [0.3, 0.4) is 0 Å². The first-order valence-electron chi connectivity index (χ1n) is 15.8. The second-order valence-electron chi connectivity index (χ2n) is 11.6. The molecule has 8 rings (SSSR count). The second kappa shape index (κ2) is 15.0. The lowest BCUT2D eigenvalue weighted by molar-refractivity contribution is -0.592. The van der Waals surface area contributed by atoms with Gasteiger partial charge in [-0.2, -0.15) is 4.73 Å². The number of aromatic nitrogens is 5. The van der Waals surface area contributed by atoms with Gasteiger partial charge in [0.25, 0.3) is 5.69 Å². The van der Waals surface area contributed by atoms with Gasteiger partial charge >= 0.3 is 0 Å². The van der Waals surface area contributed by atoms with Gasteiger partial charge in [-0.15, -0.1) is 0 Å². The molecule has 8 aromatic rings. The number of fused-ring (bicyclic) bond motifs is 2. The Kier molecular flexibility index (Phi) is 10.1. The average molecular weight is 803 g/mol. The van der Waals surface area contributed by atoms with Crippen molar-refractivity contribution in [1.29, 1.82) is 0 Å². The van der Waals surface area contributed by atoms with Crippen LogP contribution < -0.4 is 16.2 Å². The summed E-state index contributed by atoms with van der Waals surface area (Å²) in [6.45, 7) is 0. The molecule has 0 amide bonds. The Morgan fingerprint density at radius 2 is 1.26 bits per heavy atom. The Bertz CT molecular complexity index is 2730. The molecule has 4 N–H and O–H groups in total. The molecule has 0 spiro atoms. The van der Waals surface area contributed by atoms with E-state index in [1.165, 1.54) is 30.6 Å². The summed E-state index contributed by atoms with van der Waals surface area (Å²) in [6, 6.07) is 24.8. The lowest BCUT2D eigenvalue weighted by Crippen LogP contribution is -2.29. The van der Waals surface area contributed by atoms with E-state index in [-0.39, 0.29) is 39.3 Å². The predicted octanol–water partition coefficient (Wildman–Crippen LogP) is 10.8. The molecule has 0 bridgehead atoms. The van der Waals surface area contributed by atoms with Crippen LogP contribution in [0.2, 0.25) is 20.1 Å². The standard InChI is InChI=1S/C20H12Cl3N3O.C19H10ClF3N4/c21-14-5-2-1-4-11(14)13-10-17(24)25-19-12(13)8-9-26(27)20(19)18-15(22)6-3-7-16(18)23;20-12-8-9(21)4-5-10(12)16-11-6-7-25-18(17(11)27-19(24)26-16)15-13(22)2-1-3-14(15)23/h1-10H,(H2,24,25);1-8H,(H2,24,26,27). The number of nitrogens with zero attached hydrogens (tertiary/aromatic N) is 5. The van der Waals surface area contributed by atoms with Gasteiger partial charge in [0.1, 0.15) is 40.0 Å². The maximum atomic E-state index is 14.3. The van der Waals surface area contributed by atoms with Crippen molar-refractivity contribution in [2.45, 2.75) is 0 Å². The van der Waals surface area contributed by atoms with Crippen LogP contribution in [0.4, 0.5) is 24.9 Å². The molecule has 0 saturated carbocycles. The minimum absolute atomic E-state index is 0.0170. The van der Waals surface area contributed by atoms with E-state index in [2.05, 4.69) is 19.9 Å². The topological polar surface area (TPSA) is 131 Å². The third-order valence-electron chi connectivity index (χ3n) is 8.28. The van der Waals surface area contributed by atoms with Gasteiger partial charge in [-0.3, -0.25) is 4.98 Å². The lowest BCUT2D eigenvalue weighted by atomic mass is 9.99. The second-order valence-corrected chi connectivity index (χ2v) is 13.3. The molecule has 4 aromatic carbocycles. The minimum atomic E-state index is -0.784. The molecule has 0 aliphatic rings. The van der Waals surface area contributed by atoms with Crippen molar-refractivity contribution in [3.63, 3.8) is 0 Å². The molecule has 0 atom stereocenters. The van der Waals surface area contributed by atoms with Crippen molar-refractivity contribution in [1.82, 2.24) is 19.9 Å². The highest BCUT2D eigenvalue weighted by Crippen LogP contribution is 2.40. The summed E-state index contributed by atoms with van der Waals surface area (Å²) in [4.78, 5) is 16.8. The number of pyridine rings is 3. The van der Waals surface area contributed by atoms with Crippen molar-refractivity contribution in [3.05, 3.63) is 152 Å². The van der Waals surface area contributed by atoms with Crippen molar-refractivity contribution in [3.8, 4) is 44.9 Å². The molecule has 4 aromatic heterocycles. The van der Waals surface area contributed by atoms with Gasteiger partial charge in [-0.25, -0.2) is 28.1 Å². The first kappa shape index (κ1) is 36.6. The van der Waals surface area contributed by atoms with Crippen LogP contribution >= 0.6 is 46.4 Å². The van der Waals surface area contributed by atoms with Gasteiger partial charge in [-0.1, -0.05) is 76.7 Å². The summed E-state index contributed by atoms with van der Waals surface area (Å²) in [5.74, 6) is -1.95. The van der Waals surface area contributed by atoms with E-state index >= 15 is 0 Å². The van der Waals surface area contributed by atoms with Crippen LogP contribution in [-0.2, 0) is 0 Å². The molecule has 8 nitrogen and oxygen atoms in total. The Morgan fingerprint density at radius 1 is 0.574 bits per heavy atom. The van der Waals surface area contributed by atoms with Crippen LogP contribution in [0.25, 0.3) is 66.7 Å². The third-order valence-corrected chi connectivity index (χ3v) is 9.55. The van der Waals surface area contributed by atoms with Crippen molar-refractivity contribution in [2.75, 3.05) is 11.5 Å². The largest absolute Gasteiger partial charge is 0.618 e. The van der Waals surface area contributed by atoms with Crippen LogP contribution in [0.1, 0.15) is 0 Å². The van der Waals surface area contributed by atoms with E-state index in [1.807, 2.05) is 18.2 Å². The first-order chi connectivity index (χ1) is 25.9. The number of nitrogens with two attached hydrogens (primary N) is 2. The van der Waals surface area contributed by atoms with Gasteiger partial charge in [-0.05, 0) is 66.2 Å². The molecular formula is C39H22Cl4F3N7O. The number of anilines is 2. The van der Waals surface area contributed by atoms with Crippen LogP contribution in [0.15, 0.2) is 109 Å². The van der Waals surface area contributed by atoms with E-state index in [1.54, 1.807) is 42.5 Å². The number of halogens is 7. The summed E-state index contributed by atoms with van der Waals surface area (Å²) in [5, 5.41) is 15.2. The first-order valence-corrected chi connectivity index (χ1v) is 17.3. The van der Waals surface area contributed by atoms with E-state index in [0.29, 0.717) is 47.5 Å². The van der Waals surface area contributed by atoms with E-state index < -0.39 is 17.5 Å². The SMILES string of the molecule is Nc1cc(-c2ccccc2Cl)c2cc[n+]([O-])c(-c3c(Cl)cccc3Cl)c2n1.Nc1nc(-c2ccc(F)cc2Cl)c2ccnc(-c3c(F)cccc3F)c2n1. The highest BCUT2D eigenvalue weighted by Gasteiger charge is 2.24. The van der Waals surface area contributed by atoms with E-state index in [9.17, 15) is 18.4 Å². The molecule has 0 fully saturated rings.